The molecular formula is C24H31NO2Si. The summed E-state index contributed by atoms with van der Waals surface area (Å²) in [4.78, 5) is 11.6. The second kappa shape index (κ2) is 7.16. The topological polar surface area (TPSA) is 38.3 Å². The SMILES string of the molecule is CC(C)(C)[Si](OCC[C@@H]1C[C@@]12CCC(=O)N2)(c1ccccc1)c1ccccc1. The van der Waals surface area contributed by atoms with Crippen molar-refractivity contribution in [2.45, 2.75) is 57.0 Å². The van der Waals surface area contributed by atoms with Crippen LogP contribution in [0.25, 0.3) is 0 Å². The van der Waals surface area contributed by atoms with Crippen LogP contribution in [0, 0.1) is 5.92 Å². The number of hydrogen-bond acceptors (Lipinski definition) is 2. The standard InChI is InChI=1S/C24H31NO2Si/c1-23(2,3)28(20-10-6-4-7-11-20,21-12-8-5-9-13-21)27-17-15-19-18-24(19)16-14-22(26)25-24/h4-13,19H,14-18H2,1-3H3,(H,25,26)/t19-,24+/m1/s1. The van der Waals surface area contributed by atoms with Gasteiger partial charge >= 0.3 is 0 Å². The first-order valence-electron chi connectivity index (χ1n) is 10.4. The zero-order valence-electron chi connectivity index (χ0n) is 17.2. The van der Waals surface area contributed by atoms with Gasteiger partial charge in [0.05, 0.1) is 0 Å². The van der Waals surface area contributed by atoms with E-state index in [0.29, 0.717) is 12.3 Å². The van der Waals surface area contributed by atoms with Gasteiger partial charge in [-0.05, 0) is 40.6 Å². The average Bonchev–Trinajstić information content (AvgIpc) is 3.21. The van der Waals surface area contributed by atoms with Crippen molar-refractivity contribution in [3.63, 3.8) is 0 Å². The number of hydrogen-bond donors (Lipinski definition) is 1. The molecule has 4 rings (SSSR count). The van der Waals surface area contributed by atoms with Crippen LogP contribution >= 0.6 is 0 Å². The maximum Gasteiger partial charge on any atom is 0.261 e. The maximum absolute atomic E-state index is 11.6. The van der Waals surface area contributed by atoms with Gasteiger partial charge in [-0.25, -0.2) is 0 Å². The van der Waals surface area contributed by atoms with Gasteiger partial charge in [0.15, 0.2) is 0 Å². The van der Waals surface area contributed by atoms with Gasteiger partial charge < -0.3 is 9.74 Å². The Balaban J connectivity index is 1.59. The molecule has 1 saturated heterocycles. The predicted octanol–water partition coefficient (Wildman–Crippen LogP) is 3.62. The average molecular weight is 394 g/mol. The minimum absolute atomic E-state index is 0.0124. The van der Waals surface area contributed by atoms with E-state index in [0.717, 1.165) is 25.9 Å². The Hall–Kier alpha value is -1.91. The zero-order valence-corrected chi connectivity index (χ0v) is 18.2. The molecule has 0 unspecified atom stereocenters. The van der Waals surface area contributed by atoms with Crippen molar-refractivity contribution >= 4 is 24.6 Å². The van der Waals surface area contributed by atoms with E-state index in [2.05, 4.69) is 86.8 Å². The van der Waals surface area contributed by atoms with E-state index in [1.165, 1.54) is 10.4 Å². The Morgan fingerprint density at radius 3 is 2.07 bits per heavy atom. The second-order valence-corrected chi connectivity index (χ2v) is 13.7. The van der Waals surface area contributed by atoms with Crippen molar-refractivity contribution in [2.75, 3.05) is 6.61 Å². The summed E-state index contributed by atoms with van der Waals surface area (Å²) in [5.41, 5.74) is 0.0892. The Kier molecular flexibility index (Phi) is 4.96. The molecule has 2 fully saturated rings. The van der Waals surface area contributed by atoms with E-state index >= 15 is 0 Å². The van der Waals surface area contributed by atoms with Gasteiger partial charge in [0.2, 0.25) is 5.91 Å². The predicted molar refractivity (Wildman–Crippen MR) is 116 cm³/mol. The van der Waals surface area contributed by atoms with Crippen LogP contribution < -0.4 is 15.7 Å². The zero-order chi connectivity index (χ0) is 19.8. The van der Waals surface area contributed by atoms with Crippen molar-refractivity contribution in [2.24, 2.45) is 5.92 Å². The molecule has 1 N–H and O–H groups in total. The lowest BCUT2D eigenvalue weighted by Gasteiger charge is -2.43. The molecule has 1 heterocycles. The summed E-state index contributed by atoms with van der Waals surface area (Å²) in [6.45, 7) is 7.69. The number of nitrogens with one attached hydrogen (secondary N) is 1. The minimum Gasteiger partial charge on any atom is -0.407 e. The molecule has 0 bridgehead atoms. The molecule has 0 radical (unpaired) electrons. The fourth-order valence-electron chi connectivity index (χ4n) is 5.07. The summed E-state index contributed by atoms with van der Waals surface area (Å²) in [5, 5.41) is 5.88. The molecule has 0 aromatic heterocycles. The van der Waals surface area contributed by atoms with Gasteiger partial charge in [0.1, 0.15) is 0 Å². The van der Waals surface area contributed by atoms with E-state index in [1.807, 2.05) is 0 Å². The third-order valence-electron chi connectivity index (χ3n) is 6.62. The van der Waals surface area contributed by atoms with E-state index < -0.39 is 8.32 Å². The van der Waals surface area contributed by atoms with Gasteiger partial charge in [-0.3, -0.25) is 4.79 Å². The molecule has 2 aromatic rings. The second-order valence-electron chi connectivity index (χ2n) is 9.41. The molecule has 2 atom stereocenters. The molecule has 3 nitrogen and oxygen atoms in total. The molecule has 1 saturated carbocycles. The lowest BCUT2D eigenvalue weighted by molar-refractivity contribution is -0.119. The summed E-state index contributed by atoms with van der Waals surface area (Å²) >= 11 is 0. The highest BCUT2D eigenvalue weighted by Crippen LogP contribution is 2.51. The van der Waals surface area contributed by atoms with E-state index in [4.69, 9.17) is 4.43 Å². The Bertz CT molecular complexity index is 791. The molecule has 1 aliphatic carbocycles. The first-order chi connectivity index (χ1) is 13.4. The van der Waals surface area contributed by atoms with Crippen LogP contribution in [0.1, 0.15) is 46.5 Å². The Labute approximate surface area is 169 Å². The minimum atomic E-state index is -2.44. The summed E-state index contributed by atoms with van der Waals surface area (Å²) in [6.07, 6.45) is 3.81. The van der Waals surface area contributed by atoms with Crippen molar-refractivity contribution in [3.05, 3.63) is 60.7 Å². The fraction of sp³-hybridized carbons (Fsp3) is 0.458. The highest BCUT2D eigenvalue weighted by molar-refractivity contribution is 6.99. The summed E-state index contributed by atoms with van der Waals surface area (Å²) < 4.78 is 6.97. The monoisotopic (exact) mass is 393 g/mol. The first kappa shape index (κ1) is 19.4. The molecule has 2 aliphatic rings. The molecule has 148 valence electrons. The quantitative estimate of drug-likeness (QED) is 0.761. The van der Waals surface area contributed by atoms with Gasteiger partial charge in [-0.1, -0.05) is 81.4 Å². The van der Waals surface area contributed by atoms with Crippen LogP contribution in [0.3, 0.4) is 0 Å². The lowest BCUT2D eigenvalue weighted by atomic mass is 10.1. The van der Waals surface area contributed by atoms with Crippen LogP contribution in [0.5, 0.6) is 0 Å². The van der Waals surface area contributed by atoms with Crippen LogP contribution in [0.2, 0.25) is 5.04 Å². The van der Waals surface area contributed by atoms with Crippen LogP contribution in [0.4, 0.5) is 0 Å². The molecule has 28 heavy (non-hydrogen) atoms. The van der Waals surface area contributed by atoms with Crippen molar-refractivity contribution in [1.82, 2.24) is 5.32 Å². The van der Waals surface area contributed by atoms with Crippen LogP contribution in [0.15, 0.2) is 60.7 Å². The maximum atomic E-state index is 11.6. The number of rotatable bonds is 6. The normalized spacial score (nSPS) is 24.4. The van der Waals surface area contributed by atoms with Crippen molar-refractivity contribution in [1.29, 1.82) is 0 Å². The number of benzene rings is 2. The number of amides is 1. The lowest BCUT2D eigenvalue weighted by Crippen LogP contribution is -2.66. The third-order valence-corrected chi connectivity index (χ3v) is 11.7. The Morgan fingerprint density at radius 1 is 1.04 bits per heavy atom. The molecule has 1 amide bonds. The molecule has 1 aliphatic heterocycles. The number of carbonyl (C=O) groups is 1. The summed E-state index contributed by atoms with van der Waals surface area (Å²) in [5.74, 6) is 0.785. The summed E-state index contributed by atoms with van der Waals surface area (Å²) in [6, 6.07) is 21.6. The van der Waals surface area contributed by atoms with Gasteiger partial charge in [0, 0.05) is 18.6 Å². The first-order valence-corrected chi connectivity index (χ1v) is 12.3. The van der Waals surface area contributed by atoms with Gasteiger partial charge in [-0.15, -0.1) is 0 Å². The molecule has 1 spiro atoms. The van der Waals surface area contributed by atoms with Crippen molar-refractivity contribution < 1.29 is 9.22 Å². The van der Waals surface area contributed by atoms with Crippen LogP contribution in [-0.4, -0.2) is 26.4 Å². The molecule has 2 aromatic carbocycles. The largest absolute Gasteiger partial charge is 0.407 e. The fourth-order valence-corrected chi connectivity index (χ4v) is 9.65. The smallest absolute Gasteiger partial charge is 0.261 e. The van der Waals surface area contributed by atoms with E-state index in [-0.39, 0.29) is 16.5 Å². The summed E-state index contributed by atoms with van der Waals surface area (Å²) in [7, 11) is -2.44. The number of carbonyl (C=O) groups excluding carboxylic acids is 1. The third kappa shape index (κ3) is 3.33. The highest BCUT2D eigenvalue weighted by atomic mass is 28.4. The van der Waals surface area contributed by atoms with E-state index in [9.17, 15) is 4.79 Å². The van der Waals surface area contributed by atoms with Crippen molar-refractivity contribution in [3.8, 4) is 0 Å². The van der Waals surface area contributed by atoms with Crippen LogP contribution in [-0.2, 0) is 9.22 Å². The highest BCUT2D eigenvalue weighted by Gasteiger charge is 2.57. The van der Waals surface area contributed by atoms with Gasteiger partial charge in [-0.2, -0.15) is 0 Å². The molecular weight excluding hydrogens is 362 g/mol. The van der Waals surface area contributed by atoms with E-state index in [1.54, 1.807) is 0 Å². The Morgan fingerprint density at radius 2 is 1.61 bits per heavy atom. The molecule has 4 heteroatoms. The van der Waals surface area contributed by atoms with Gasteiger partial charge in [0.25, 0.3) is 8.32 Å².